The van der Waals surface area contributed by atoms with Crippen molar-refractivity contribution in [3.8, 4) is 5.75 Å². The molecule has 0 N–H and O–H groups in total. The number of hydrogen-bond donors (Lipinski definition) is 0. The van der Waals surface area contributed by atoms with E-state index in [0.29, 0.717) is 0 Å². The summed E-state index contributed by atoms with van der Waals surface area (Å²) < 4.78 is 10.9. The van der Waals surface area contributed by atoms with Crippen LogP contribution in [0.1, 0.15) is 42.9 Å². The SMILES string of the molecule is COC1=CCC(N=C(C2=NC(C(=Nc3ccc(OC)cc3C)c3ccccc3)=CCC2)c2ccccc2)C(C)=C1. The molecule has 1 unspecified atom stereocenters. The highest BCUT2D eigenvalue weighted by Gasteiger charge is 2.22. The Labute approximate surface area is 237 Å². The van der Waals surface area contributed by atoms with Crippen molar-refractivity contribution in [2.45, 2.75) is 39.2 Å². The molecule has 0 amide bonds. The maximum Gasteiger partial charge on any atom is 0.119 e. The Bertz CT molecular complexity index is 1540. The van der Waals surface area contributed by atoms with E-state index in [4.69, 9.17) is 24.5 Å². The van der Waals surface area contributed by atoms with E-state index in [0.717, 1.165) is 76.0 Å². The number of nitrogens with zero attached hydrogens (tertiary/aromatic N) is 3. The van der Waals surface area contributed by atoms with Crippen molar-refractivity contribution >= 4 is 22.8 Å². The second-order valence-electron chi connectivity index (χ2n) is 9.96. The first-order valence-corrected chi connectivity index (χ1v) is 13.7. The fraction of sp³-hybridized carbons (Fsp3) is 0.229. The first-order chi connectivity index (χ1) is 19.6. The van der Waals surface area contributed by atoms with Crippen LogP contribution in [0.3, 0.4) is 0 Å². The zero-order valence-corrected chi connectivity index (χ0v) is 23.6. The summed E-state index contributed by atoms with van der Waals surface area (Å²) in [7, 11) is 3.39. The summed E-state index contributed by atoms with van der Waals surface area (Å²) in [5.41, 5.74) is 8.84. The molecular weight excluding hydrogens is 494 g/mol. The van der Waals surface area contributed by atoms with Crippen LogP contribution in [0, 0.1) is 6.92 Å². The monoisotopic (exact) mass is 529 g/mol. The van der Waals surface area contributed by atoms with Crippen LogP contribution >= 0.6 is 0 Å². The Morgan fingerprint density at radius 3 is 2.15 bits per heavy atom. The molecule has 1 atom stereocenters. The van der Waals surface area contributed by atoms with Crippen molar-refractivity contribution in [1.29, 1.82) is 0 Å². The van der Waals surface area contributed by atoms with Crippen molar-refractivity contribution in [1.82, 2.24) is 0 Å². The summed E-state index contributed by atoms with van der Waals surface area (Å²) >= 11 is 0. The number of methoxy groups -OCH3 is 2. The van der Waals surface area contributed by atoms with Gasteiger partial charge in [0.05, 0.1) is 48.8 Å². The summed E-state index contributed by atoms with van der Waals surface area (Å²) in [4.78, 5) is 15.7. The van der Waals surface area contributed by atoms with Crippen molar-refractivity contribution in [2.24, 2.45) is 15.0 Å². The zero-order chi connectivity index (χ0) is 27.9. The standard InChI is InChI=1S/C35H35N3O2/c1-24-22-28(39-3)18-20-30(24)37-34(26-12-7-5-8-13-26)32-16-11-17-33(36-32)35(27-14-9-6-10-15-27)38-31-21-19-29(40-4)23-25(31)2/h5-10,12-16,18-20,22-23,31H,11,17,21H2,1-4H3. The Morgan fingerprint density at radius 2 is 1.52 bits per heavy atom. The summed E-state index contributed by atoms with van der Waals surface area (Å²) in [5, 5.41) is 0. The molecule has 1 aliphatic carbocycles. The largest absolute Gasteiger partial charge is 0.497 e. The molecular formula is C35H35N3O2. The number of aryl methyl sites for hydroxylation is 1. The van der Waals surface area contributed by atoms with Gasteiger partial charge in [0.2, 0.25) is 0 Å². The van der Waals surface area contributed by atoms with Gasteiger partial charge in [0.25, 0.3) is 0 Å². The molecule has 1 heterocycles. The van der Waals surface area contributed by atoms with Crippen molar-refractivity contribution in [3.05, 3.63) is 131 Å². The van der Waals surface area contributed by atoms with Crippen LogP contribution in [0.2, 0.25) is 0 Å². The lowest BCUT2D eigenvalue weighted by Crippen LogP contribution is -2.23. The van der Waals surface area contributed by atoms with Crippen molar-refractivity contribution in [2.75, 3.05) is 14.2 Å². The predicted molar refractivity (Wildman–Crippen MR) is 165 cm³/mol. The summed E-state index contributed by atoms with van der Waals surface area (Å²) in [6, 6.07) is 26.6. The molecule has 2 aliphatic rings. The molecule has 202 valence electrons. The van der Waals surface area contributed by atoms with E-state index < -0.39 is 0 Å². The van der Waals surface area contributed by atoms with Gasteiger partial charge in [0, 0.05) is 11.1 Å². The van der Waals surface area contributed by atoms with Gasteiger partial charge in [-0.2, -0.15) is 0 Å². The fourth-order valence-electron chi connectivity index (χ4n) is 4.94. The molecule has 0 saturated carbocycles. The van der Waals surface area contributed by atoms with Gasteiger partial charge in [-0.05, 0) is 74.6 Å². The zero-order valence-electron chi connectivity index (χ0n) is 23.6. The minimum Gasteiger partial charge on any atom is -0.497 e. The van der Waals surface area contributed by atoms with E-state index in [1.54, 1.807) is 14.2 Å². The molecule has 5 heteroatoms. The smallest absolute Gasteiger partial charge is 0.119 e. The number of rotatable bonds is 8. The van der Waals surface area contributed by atoms with Gasteiger partial charge >= 0.3 is 0 Å². The van der Waals surface area contributed by atoms with Gasteiger partial charge in [0.15, 0.2) is 0 Å². The molecule has 5 rings (SSSR count). The molecule has 3 aromatic rings. The van der Waals surface area contributed by atoms with Crippen LogP contribution in [-0.4, -0.2) is 37.4 Å². The molecule has 3 aromatic carbocycles. The quantitative estimate of drug-likeness (QED) is 0.278. The lowest BCUT2D eigenvalue weighted by atomic mass is 9.95. The van der Waals surface area contributed by atoms with Crippen LogP contribution in [0.4, 0.5) is 5.69 Å². The van der Waals surface area contributed by atoms with Gasteiger partial charge in [-0.25, -0.2) is 9.98 Å². The van der Waals surface area contributed by atoms with Crippen molar-refractivity contribution in [3.63, 3.8) is 0 Å². The third kappa shape index (κ3) is 6.20. The number of aliphatic imine (C=N–C) groups is 3. The van der Waals surface area contributed by atoms with E-state index in [1.807, 2.05) is 42.5 Å². The van der Waals surface area contributed by atoms with Crippen LogP contribution in [0.5, 0.6) is 5.75 Å². The van der Waals surface area contributed by atoms with Crippen LogP contribution < -0.4 is 4.74 Å². The van der Waals surface area contributed by atoms with E-state index in [1.165, 1.54) is 5.57 Å². The summed E-state index contributed by atoms with van der Waals surface area (Å²) in [6.07, 6.45) is 8.85. The lowest BCUT2D eigenvalue weighted by Gasteiger charge is -2.22. The number of hydrogen-bond acceptors (Lipinski definition) is 5. The molecule has 0 fully saturated rings. The van der Waals surface area contributed by atoms with Gasteiger partial charge in [-0.3, -0.25) is 4.99 Å². The van der Waals surface area contributed by atoms with E-state index in [2.05, 4.69) is 68.5 Å². The second-order valence-corrected chi connectivity index (χ2v) is 9.96. The number of allylic oxidation sites excluding steroid dienone is 3. The van der Waals surface area contributed by atoms with E-state index in [9.17, 15) is 0 Å². The number of benzene rings is 3. The average molecular weight is 530 g/mol. The van der Waals surface area contributed by atoms with E-state index >= 15 is 0 Å². The normalized spacial score (nSPS) is 17.9. The van der Waals surface area contributed by atoms with Crippen LogP contribution in [0.15, 0.2) is 129 Å². The molecule has 0 saturated heterocycles. The molecule has 0 bridgehead atoms. The minimum absolute atomic E-state index is 0.0374. The highest BCUT2D eigenvalue weighted by Crippen LogP contribution is 2.28. The molecule has 1 aliphatic heterocycles. The molecule has 40 heavy (non-hydrogen) atoms. The van der Waals surface area contributed by atoms with Gasteiger partial charge in [-0.15, -0.1) is 0 Å². The summed E-state index contributed by atoms with van der Waals surface area (Å²) in [6.45, 7) is 4.17. The first kappa shape index (κ1) is 27.1. The maximum atomic E-state index is 5.45. The second kappa shape index (κ2) is 12.6. The molecule has 0 radical (unpaired) electrons. The number of ether oxygens (including phenoxy) is 2. The molecule has 0 spiro atoms. The van der Waals surface area contributed by atoms with E-state index in [-0.39, 0.29) is 6.04 Å². The topological polar surface area (TPSA) is 55.5 Å². The Morgan fingerprint density at radius 1 is 0.825 bits per heavy atom. The Hall–Kier alpha value is -4.51. The Kier molecular flexibility index (Phi) is 8.50. The third-order valence-electron chi connectivity index (χ3n) is 7.18. The molecule has 5 nitrogen and oxygen atoms in total. The third-order valence-corrected chi connectivity index (χ3v) is 7.18. The minimum atomic E-state index is 0.0374. The summed E-state index contributed by atoms with van der Waals surface area (Å²) in [5.74, 6) is 1.71. The fourth-order valence-corrected chi connectivity index (χ4v) is 4.94. The van der Waals surface area contributed by atoms with Crippen LogP contribution in [-0.2, 0) is 4.74 Å². The Balaban J connectivity index is 1.59. The average Bonchev–Trinajstić information content (AvgIpc) is 3.00. The van der Waals surface area contributed by atoms with Crippen LogP contribution in [0.25, 0.3) is 0 Å². The highest BCUT2D eigenvalue weighted by molar-refractivity contribution is 6.49. The van der Waals surface area contributed by atoms with Crippen molar-refractivity contribution < 1.29 is 9.47 Å². The van der Waals surface area contributed by atoms with Gasteiger partial charge < -0.3 is 9.47 Å². The first-order valence-electron chi connectivity index (χ1n) is 13.7. The maximum absolute atomic E-state index is 5.45. The lowest BCUT2D eigenvalue weighted by molar-refractivity contribution is 0.302. The predicted octanol–water partition coefficient (Wildman–Crippen LogP) is 7.98. The molecule has 0 aromatic heterocycles. The highest BCUT2D eigenvalue weighted by atomic mass is 16.5. The van der Waals surface area contributed by atoms with Gasteiger partial charge in [0.1, 0.15) is 11.5 Å². The van der Waals surface area contributed by atoms with Gasteiger partial charge in [-0.1, -0.05) is 66.7 Å².